The van der Waals surface area contributed by atoms with Gasteiger partial charge in [0.05, 0.1) is 26.0 Å². The van der Waals surface area contributed by atoms with Crippen LogP contribution in [0.3, 0.4) is 0 Å². The number of aromatic amines is 1. The van der Waals surface area contributed by atoms with Crippen LogP contribution in [-0.4, -0.2) is 36.4 Å². The van der Waals surface area contributed by atoms with Crippen LogP contribution in [-0.2, 0) is 0 Å². The Balaban J connectivity index is 1.84. The first-order valence-corrected chi connectivity index (χ1v) is 7.49. The van der Waals surface area contributed by atoms with Crippen LogP contribution in [0.15, 0.2) is 47.6 Å². The lowest BCUT2D eigenvalue weighted by atomic mass is 10.2. The minimum absolute atomic E-state index is 0.0839. The number of phenols is 1. The fourth-order valence-corrected chi connectivity index (χ4v) is 2.46. The number of nitrogens with one attached hydrogen (secondary N) is 2. The minimum atomic E-state index is -0.424. The van der Waals surface area contributed by atoms with Gasteiger partial charge in [-0.15, -0.1) is 0 Å². The smallest absolute Gasteiger partial charge is 0.287 e. The van der Waals surface area contributed by atoms with Crippen molar-refractivity contribution in [1.29, 1.82) is 0 Å². The van der Waals surface area contributed by atoms with E-state index < -0.39 is 5.91 Å². The number of carbonyl (C=O) groups excluding carboxylic acids is 1. The number of hydrogen-bond donors (Lipinski definition) is 3. The zero-order chi connectivity index (χ0) is 17.8. The Hall–Kier alpha value is -3.48. The molecule has 1 amide bonds. The number of benzene rings is 2. The van der Waals surface area contributed by atoms with Gasteiger partial charge in [-0.2, -0.15) is 5.10 Å². The number of hydrogen-bond acceptors (Lipinski definition) is 5. The van der Waals surface area contributed by atoms with E-state index in [1.54, 1.807) is 56.7 Å². The van der Waals surface area contributed by atoms with Gasteiger partial charge in [0.1, 0.15) is 22.9 Å². The molecule has 0 saturated heterocycles. The predicted octanol–water partition coefficient (Wildman–Crippen LogP) is 2.65. The normalized spacial score (nSPS) is 11.0. The molecule has 3 N–H and O–H groups in total. The third-order valence-corrected chi connectivity index (χ3v) is 3.71. The average molecular weight is 339 g/mol. The second kappa shape index (κ2) is 6.96. The fourth-order valence-electron chi connectivity index (χ4n) is 2.46. The Morgan fingerprint density at radius 3 is 2.60 bits per heavy atom. The quantitative estimate of drug-likeness (QED) is 0.492. The number of methoxy groups -OCH3 is 2. The summed E-state index contributed by atoms with van der Waals surface area (Å²) in [6.45, 7) is 0. The van der Waals surface area contributed by atoms with Crippen molar-refractivity contribution in [2.45, 2.75) is 0 Å². The Morgan fingerprint density at radius 1 is 1.16 bits per heavy atom. The van der Waals surface area contributed by atoms with Crippen LogP contribution in [0.2, 0.25) is 0 Å². The molecule has 0 aliphatic carbocycles. The summed E-state index contributed by atoms with van der Waals surface area (Å²) in [5, 5.41) is 14.3. The molecule has 7 nitrogen and oxygen atoms in total. The maximum absolute atomic E-state index is 12.3. The van der Waals surface area contributed by atoms with E-state index in [2.05, 4.69) is 15.5 Å². The Labute approximate surface area is 143 Å². The maximum atomic E-state index is 12.3. The van der Waals surface area contributed by atoms with Gasteiger partial charge < -0.3 is 19.6 Å². The summed E-state index contributed by atoms with van der Waals surface area (Å²) >= 11 is 0. The molecular weight excluding hydrogens is 322 g/mol. The average Bonchev–Trinajstić information content (AvgIpc) is 3.08. The number of carbonyl (C=O) groups is 1. The van der Waals surface area contributed by atoms with E-state index in [1.807, 2.05) is 0 Å². The maximum Gasteiger partial charge on any atom is 0.287 e. The van der Waals surface area contributed by atoms with Crippen molar-refractivity contribution in [3.05, 3.63) is 53.7 Å². The molecule has 25 heavy (non-hydrogen) atoms. The lowest BCUT2D eigenvalue weighted by Gasteiger charge is -2.05. The number of aromatic hydroxyl groups is 1. The molecule has 0 fully saturated rings. The summed E-state index contributed by atoms with van der Waals surface area (Å²) in [5.41, 5.74) is 3.90. The molecule has 0 unspecified atom stereocenters. The standard InChI is InChI=1S/C18H17N3O4/c1-24-15-7-8-16(25-2)17-12(15)9-13(20-17)18(23)21-19-10-11-5-3-4-6-14(11)22/h3-10,20,22H,1-2H3,(H,21,23)/b19-10-. The van der Waals surface area contributed by atoms with Crippen molar-refractivity contribution >= 4 is 23.0 Å². The molecule has 0 aliphatic heterocycles. The highest BCUT2D eigenvalue weighted by Crippen LogP contribution is 2.33. The number of ether oxygens (including phenoxy) is 2. The molecule has 1 heterocycles. The SMILES string of the molecule is COc1ccc(OC)c2[nH]c(C(=O)N/N=C\c3ccccc3O)cc12. The molecule has 0 spiro atoms. The number of H-pyrrole nitrogens is 1. The van der Waals surface area contributed by atoms with Gasteiger partial charge in [-0.05, 0) is 30.3 Å². The number of rotatable bonds is 5. The van der Waals surface area contributed by atoms with Crippen molar-refractivity contribution in [3.8, 4) is 17.2 Å². The molecule has 3 rings (SSSR count). The molecule has 0 atom stereocenters. The summed E-state index contributed by atoms with van der Waals surface area (Å²) in [6, 6.07) is 11.9. The first-order chi connectivity index (χ1) is 12.1. The summed E-state index contributed by atoms with van der Waals surface area (Å²) in [7, 11) is 3.11. The van der Waals surface area contributed by atoms with Crippen LogP contribution in [0.4, 0.5) is 0 Å². The summed E-state index contributed by atoms with van der Waals surface area (Å²) in [6.07, 6.45) is 1.37. The number of hydrazone groups is 1. The molecule has 2 aromatic carbocycles. The lowest BCUT2D eigenvalue weighted by molar-refractivity contribution is 0.0951. The highest BCUT2D eigenvalue weighted by Gasteiger charge is 2.15. The van der Waals surface area contributed by atoms with Gasteiger partial charge in [0.15, 0.2) is 0 Å². The van der Waals surface area contributed by atoms with E-state index in [0.29, 0.717) is 28.3 Å². The largest absolute Gasteiger partial charge is 0.507 e. The van der Waals surface area contributed by atoms with Crippen LogP contribution in [0.25, 0.3) is 10.9 Å². The molecule has 0 saturated carbocycles. The van der Waals surface area contributed by atoms with Gasteiger partial charge in [0, 0.05) is 10.9 Å². The molecule has 0 aliphatic rings. The third kappa shape index (κ3) is 3.25. The van der Waals surface area contributed by atoms with Gasteiger partial charge >= 0.3 is 0 Å². The summed E-state index contributed by atoms with van der Waals surface area (Å²) in [5.74, 6) is 0.893. The first kappa shape index (κ1) is 16.4. The Bertz CT molecular complexity index is 906. The monoisotopic (exact) mass is 339 g/mol. The number of para-hydroxylation sites is 1. The van der Waals surface area contributed by atoms with Crippen molar-refractivity contribution in [2.24, 2.45) is 5.10 Å². The van der Waals surface area contributed by atoms with Crippen LogP contribution in [0.5, 0.6) is 17.2 Å². The van der Waals surface area contributed by atoms with E-state index in [9.17, 15) is 9.90 Å². The second-order valence-electron chi connectivity index (χ2n) is 5.20. The zero-order valence-electron chi connectivity index (χ0n) is 13.7. The highest BCUT2D eigenvalue weighted by molar-refractivity contribution is 6.01. The van der Waals surface area contributed by atoms with E-state index in [4.69, 9.17) is 9.47 Å². The molecule has 128 valence electrons. The minimum Gasteiger partial charge on any atom is -0.507 e. The van der Waals surface area contributed by atoms with Gasteiger partial charge in [0.2, 0.25) is 0 Å². The van der Waals surface area contributed by atoms with Crippen LogP contribution in [0.1, 0.15) is 16.1 Å². The van der Waals surface area contributed by atoms with E-state index in [1.165, 1.54) is 6.21 Å². The number of phenolic OH excluding ortho intramolecular Hbond substituents is 1. The van der Waals surface area contributed by atoms with Crippen molar-refractivity contribution < 1.29 is 19.4 Å². The molecule has 0 bridgehead atoms. The number of fused-ring (bicyclic) bond motifs is 1. The molecule has 3 aromatic rings. The van der Waals surface area contributed by atoms with Gasteiger partial charge in [-0.25, -0.2) is 5.43 Å². The molecule has 7 heteroatoms. The van der Waals surface area contributed by atoms with Crippen molar-refractivity contribution in [2.75, 3.05) is 14.2 Å². The molecule has 0 radical (unpaired) electrons. The van der Waals surface area contributed by atoms with E-state index in [0.717, 1.165) is 5.39 Å². The van der Waals surface area contributed by atoms with E-state index >= 15 is 0 Å². The van der Waals surface area contributed by atoms with E-state index in [-0.39, 0.29) is 5.75 Å². The number of aromatic nitrogens is 1. The number of nitrogens with zero attached hydrogens (tertiary/aromatic N) is 1. The molecular formula is C18H17N3O4. The highest BCUT2D eigenvalue weighted by atomic mass is 16.5. The summed E-state index contributed by atoms with van der Waals surface area (Å²) in [4.78, 5) is 15.3. The molecule has 1 aromatic heterocycles. The zero-order valence-corrected chi connectivity index (χ0v) is 13.7. The topological polar surface area (TPSA) is 95.9 Å². The van der Waals surface area contributed by atoms with Gasteiger partial charge in [-0.1, -0.05) is 12.1 Å². The van der Waals surface area contributed by atoms with Crippen LogP contribution in [0, 0.1) is 0 Å². The van der Waals surface area contributed by atoms with Gasteiger partial charge in [0.25, 0.3) is 5.91 Å². The second-order valence-corrected chi connectivity index (χ2v) is 5.20. The Kier molecular flexibility index (Phi) is 4.56. The van der Waals surface area contributed by atoms with Crippen molar-refractivity contribution in [3.63, 3.8) is 0 Å². The Morgan fingerprint density at radius 2 is 1.88 bits per heavy atom. The predicted molar refractivity (Wildman–Crippen MR) is 94.6 cm³/mol. The van der Waals surface area contributed by atoms with Crippen molar-refractivity contribution in [1.82, 2.24) is 10.4 Å². The van der Waals surface area contributed by atoms with Gasteiger partial charge in [-0.3, -0.25) is 4.79 Å². The van der Waals surface area contributed by atoms with Crippen LogP contribution >= 0.6 is 0 Å². The summed E-state index contributed by atoms with van der Waals surface area (Å²) < 4.78 is 10.6. The van der Waals surface area contributed by atoms with Crippen LogP contribution < -0.4 is 14.9 Å². The first-order valence-electron chi connectivity index (χ1n) is 7.49. The lowest BCUT2D eigenvalue weighted by Crippen LogP contribution is -2.17. The third-order valence-electron chi connectivity index (χ3n) is 3.71. The fraction of sp³-hybridized carbons (Fsp3) is 0.111. The number of amides is 1.